The van der Waals surface area contributed by atoms with Crippen molar-refractivity contribution < 1.29 is 4.52 Å². The van der Waals surface area contributed by atoms with Gasteiger partial charge in [0.25, 0.3) is 0 Å². The molecule has 1 N–H and O–H groups in total. The highest BCUT2D eigenvalue weighted by atomic mass is 16.5. The zero-order chi connectivity index (χ0) is 16.1. The molecule has 1 aliphatic heterocycles. The maximum atomic E-state index is 5.11. The average Bonchev–Trinajstić information content (AvgIpc) is 3.02. The molecule has 1 aromatic heterocycles. The Labute approximate surface area is 135 Å². The zero-order valence-electron chi connectivity index (χ0n) is 13.5. The maximum Gasteiger partial charge on any atom is 0.246 e. The van der Waals surface area contributed by atoms with Gasteiger partial charge in [-0.1, -0.05) is 41.6 Å². The molecule has 6 heteroatoms. The molecule has 0 bridgehead atoms. The summed E-state index contributed by atoms with van der Waals surface area (Å²) in [6.07, 6.45) is 3.27. The van der Waals surface area contributed by atoms with Crippen molar-refractivity contribution in [2.75, 3.05) is 20.1 Å². The molecule has 1 aromatic carbocycles. The van der Waals surface area contributed by atoms with Gasteiger partial charge < -0.3 is 14.7 Å². The maximum absolute atomic E-state index is 5.11. The Bertz CT molecular complexity index is 705. The van der Waals surface area contributed by atoms with E-state index in [0.29, 0.717) is 18.3 Å². The molecule has 0 spiro atoms. The number of nitrogens with one attached hydrogen (secondary N) is 1. The molecule has 3 rings (SSSR count). The summed E-state index contributed by atoms with van der Waals surface area (Å²) in [6, 6.07) is 10.5. The SMILES string of the molecule is CN=C(NCc1nc(C)no1)N1CC=C(c2ccccc2)CC1. The summed E-state index contributed by atoms with van der Waals surface area (Å²) in [6.45, 7) is 4.07. The molecular formula is C17H21N5O. The summed E-state index contributed by atoms with van der Waals surface area (Å²) >= 11 is 0. The van der Waals surface area contributed by atoms with E-state index in [-0.39, 0.29) is 0 Å². The number of guanidine groups is 1. The van der Waals surface area contributed by atoms with Crippen molar-refractivity contribution in [3.8, 4) is 0 Å². The van der Waals surface area contributed by atoms with Crippen LogP contribution in [0.4, 0.5) is 0 Å². The minimum atomic E-state index is 0.485. The van der Waals surface area contributed by atoms with Gasteiger partial charge in [-0.15, -0.1) is 0 Å². The number of hydrogen-bond acceptors (Lipinski definition) is 4. The Morgan fingerprint density at radius 2 is 2.17 bits per heavy atom. The molecule has 6 nitrogen and oxygen atoms in total. The number of hydrogen-bond donors (Lipinski definition) is 1. The van der Waals surface area contributed by atoms with Crippen LogP contribution in [0.15, 0.2) is 45.9 Å². The van der Waals surface area contributed by atoms with E-state index in [9.17, 15) is 0 Å². The van der Waals surface area contributed by atoms with Crippen molar-refractivity contribution in [3.63, 3.8) is 0 Å². The minimum absolute atomic E-state index is 0.485. The van der Waals surface area contributed by atoms with E-state index in [2.05, 4.69) is 55.7 Å². The molecule has 2 aromatic rings. The largest absolute Gasteiger partial charge is 0.347 e. The third kappa shape index (κ3) is 3.77. The summed E-state index contributed by atoms with van der Waals surface area (Å²) in [5, 5.41) is 7.06. The number of rotatable bonds is 3. The molecule has 0 amide bonds. The van der Waals surface area contributed by atoms with Gasteiger partial charge in [0, 0.05) is 20.1 Å². The van der Waals surface area contributed by atoms with Crippen LogP contribution in [0, 0.1) is 6.92 Å². The summed E-state index contributed by atoms with van der Waals surface area (Å²) < 4.78 is 5.11. The normalized spacial score (nSPS) is 15.5. The van der Waals surface area contributed by atoms with Crippen molar-refractivity contribution in [2.24, 2.45) is 4.99 Å². The Morgan fingerprint density at radius 1 is 1.35 bits per heavy atom. The third-order valence-electron chi connectivity index (χ3n) is 3.83. The number of aromatic nitrogens is 2. The molecule has 1 aliphatic rings. The molecule has 0 unspecified atom stereocenters. The summed E-state index contributed by atoms with van der Waals surface area (Å²) in [7, 11) is 1.79. The fourth-order valence-corrected chi connectivity index (χ4v) is 2.67. The topological polar surface area (TPSA) is 66.5 Å². The van der Waals surface area contributed by atoms with E-state index in [0.717, 1.165) is 25.5 Å². The first-order valence-electron chi connectivity index (χ1n) is 7.75. The Kier molecular flexibility index (Phi) is 4.71. The Morgan fingerprint density at radius 3 is 2.78 bits per heavy atom. The number of aliphatic imine (C=N–C) groups is 1. The van der Waals surface area contributed by atoms with Crippen molar-refractivity contribution in [3.05, 3.63) is 53.7 Å². The second kappa shape index (κ2) is 7.09. The second-order valence-corrected chi connectivity index (χ2v) is 5.43. The highest BCUT2D eigenvalue weighted by molar-refractivity contribution is 5.81. The average molecular weight is 311 g/mol. The van der Waals surface area contributed by atoms with Gasteiger partial charge in [-0.05, 0) is 24.5 Å². The summed E-state index contributed by atoms with van der Waals surface area (Å²) in [5.74, 6) is 2.07. The van der Waals surface area contributed by atoms with Crippen molar-refractivity contribution in [1.82, 2.24) is 20.4 Å². The third-order valence-corrected chi connectivity index (χ3v) is 3.83. The van der Waals surface area contributed by atoms with Gasteiger partial charge in [-0.2, -0.15) is 4.98 Å². The van der Waals surface area contributed by atoms with Crippen LogP contribution in [0.1, 0.15) is 23.7 Å². The lowest BCUT2D eigenvalue weighted by molar-refractivity contribution is 0.366. The standard InChI is InChI=1S/C17H21N5O/c1-13-20-16(23-21-13)12-19-17(18-2)22-10-8-15(9-11-22)14-6-4-3-5-7-14/h3-8H,9-12H2,1-2H3,(H,18,19). The number of nitrogens with zero attached hydrogens (tertiary/aromatic N) is 4. The smallest absolute Gasteiger partial charge is 0.246 e. The van der Waals surface area contributed by atoms with Crippen molar-refractivity contribution in [2.45, 2.75) is 19.9 Å². The molecule has 0 saturated heterocycles. The van der Waals surface area contributed by atoms with Crippen LogP contribution < -0.4 is 5.32 Å². The lowest BCUT2D eigenvalue weighted by Gasteiger charge is -2.29. The van der Waals surface area contributed by atoms with E-state index in [1.165, 1.54) is 11.1 Å². The summed E-state index contributed by atoms with van der Waals surface area (Å²) in [5.41, 5.74) is 2.70. The van der Waals surface area contributed by atoms with E-state index in [4.69, 9.17) is 4.52 Å². The van der Waals surface area contributed by atoms with Crippen molar-refractivity contribution >= 4 is 11.5 Å². The zero-order valence-corrected chi connectivity index (χ0v) is 13.5. The van der Waals surface area contributed by atoms with Crippen LogP contribution in [0.25, 0.3) is 5.57 Å². The molecule has 23 heavy (non-hydrogen) atoms. The molecule has 0 aliphatic carbocycles. The summed E-state index contributed by atoms with van der Waals surface area (Å²) in [4.78, 5) is 10.7. The van der Waals surface area contributed by atoms with E-state index in [1.54, 1.807) is 7.05 Å². The predicted octanol–water partition coefficient (Wildman–Crippen LogP) is 2.24. The van der Waals surface area contributed by atoms with Crippen LogP contribution in [0.3, 0.4) is 0 Å². The second-order valence-electron chi connectivity index (χ2n) is 5.43. The molecule has 0 fully saturated rings. The lowest BCUT2D eigenvalue weighted by atomic mass is 10.00. The van der Waals surface area contributed by atoms with E-state index >= 15 is 0 Å². The monoisotopic (exact) mass is 311 g/mol. The van der Waals surface area contributed by atoms with Crippen LogP contribution in [0.2, 0.25) is 0 Å². The van der Waals surface area contributed by atoms with Gasteiger partial charge in [-0.25, -0.2) is 0 Å². The molecule has 120 valence electrons. The first-order valence-corrected chi connectivity index (χ1v) is 7.75. The minimum Gasteiger partial charge on any atom is -0.347 e. The van der Waals surface area contributed by atoms with Gasteiger partial charge in [-0.3, -0.25) is 4.99 Å². The number of aryl methyl sites for hydroxylation is 1. The fraction of sp³-hybridized carbons (Fsp3) is 0.353. The van der Waals surface area contributed by atoms with Gasteiger partial charge in [0.05, 0.1) is 6.54 Å². The molecule has 2 heterocycles. The number of benzene rings is 1. The van der Waals surface area contributed by atoms with Crippen LogP contribution in [-0.4, -0.2) is 41.1 Å². The highest BCUT2D eigenvalue weighted by Gasteiger charge is 2.16. The van der Waals surface area contributed by atoms with Crippen LogP contribution >= 0.6 is 0 Å². The highest BCUT2D eigenvalue weighted by Crippen LogP contribution is 2.21. The first-order chi connectivity index (χ1) is 11.3. The fourth-order valence-electron chi connectivity index (χ4n) is 2.67. The van der Waals surface area contributed by atoms with Crippen molar-refractivity contribution in [1.29, 1.82) is 0 Å². The van der Waals surface area contributed by atoms with Gasteiger partial charge in [0.1, 0.15) is 0 Å². The van der Waals surface area contributed by atoms with Gasteiger partial charge in [0.2, 0.25) is 5.89 Å². The molecule has 0 atom stereocenters. The molecule has 0 saturated carbocycles. The molecular weight excluding hydrogens is 290 g/mol. The van der Waals surface area contributed by atoms with Crippen LogP contribution in [0.5, 0.6) is 0 Å². The lowest BCUT2D eigenvalue weighted by Crippen LogP contribution is -2.43. The van der Waals surface area contributed by atoms with Gasteiger partial charge >= 0.3 is 0 Å². The van der Waals surface area contributed by atoms with Gasteiger partial charge in [0.15, 0.2) is 11.8 Å². The Balaban J connectivity index is 1.60. The first kappa shape index (κ1) is 15.3. The Hall–Kier alpha value is -2.63. The molecule has 0 radical (unpaired) electrons. The van der Waals surface area contributed by atoms with E-state index in [1.807, 2.05) is 13.0 Å². The quantitative estimate of drug-likeness (QED) is 0.695. The van der Waals surface area contributed by atoms with E-state index < -0.39 is 0 Å². The van der Waals surface area contributed by atoms with Crippen LogP contribution in [-0.2, 0) is 6.54 Å². The predicted molar refractivity (Wildman–Crippen MR) is 89.8 cm³/mol.